The van der Waals surface area contributed by atoms with Crippen LogP contribution in [-0.2, 0) is 9.59 Å². The molecule has 2 N–H and O–H groups in total. The maximum atomic E-state index is 11.4. The summed E-state index contributed by atoms with van der Waals surface area (Å²) in [4.78, 5) is 22.7. The van der Waals surface area contributed by atoms with Gasteiger partial charge in [0, 0.05) is 25.9 Å². The van der Waals surface area contributed by atoms with Gasteiger partial charge in [-0.1, -0.05) is 39.5 Å². The topological polar surface area (TPSA) is 58.2 Å². The zero-order chi connectivity index (χ0) is 14.3. The van der Waals surface area contributed by atoms with E-state index in [-0.39, 0.29) is 11.8 Å². The predicted octanol–water partition coefficient (Wildman–Crippen LogP) is 2.77. The average molecular weight is 270 g/mol. The fourth-order valence-electron chi connectivity index (χ4n) is 1.77. The third-order valence-corrected chi connectivity index (χ3v) is 3.01. The van der Waals surface area contributed by atoms with Crippen molar-refractivity contribution in [1.82, 2.24) is 10.6 Å². The quantitative estimate of drug-likeness (QED) is 0.536. The summed E-state index contributed by atoms with van der Waals surface area (Å²) in [6.45, 7) is 5.54. The van der Waals surface area contributed by atoms with Crippen LogP contribution in [0.25, 0.3) is 0 Å². The van der Waals surface area contributed by atoms with E-state index in [2.05, 4.69) is 24.5 Å². The molecule has 0 aliphatic carbocycles. The summed E-state index contributed by atoms with van der Waals surface area (Å²) in [5.41, 5.74) is 0. The zero-order valence-electron chi connectivity index (χ0n) is 12.6. The Morgan fingerprint density at radius 1 is 0.684 bits per heavy atom. The second-order valence-electron chi connectivity index (χ2n) is 4.97. The second kappa shape index (κ2) is 13.4. The lowest BCUT2D eigenvalue weighted by Crippen LogP contribution is -2.29. The van der Waals surface area contributed by atoms with Crippen LogP contribution in [0.15, 0.2) is 0 Å². The van der Waals surface area contributed by atoms with E-state index >= 15 is 0 Å². The van der Waals surface area contributed by atoms with Gasteiger partial charge in [-0.15, -0.1) is 0 Å². The maximum absolute atomic E-state index is 11.4. The molecule has 0 atom stereocenters. The molecule has 4 heteroatoms. The Balaban J connectivity index is 3.29. The van der Waals surface area contributed by atoms with E-state index in [9.17, 15) is 9.59 Å². The Bertz CT molecular complexity index is 242. The Kier molecular flexibility index (Phi) is 12.6. The van der Waals surface area contributed by atoms with E-state index in [1.807, 2.05) is 0 Å². The molecule has 0 rings (SSSR count). The number of nitrogens with one attached hydrogen (secondary N) is 2. The van der Waals surface area contributed by atoms with Gasteiger partial charge in [-0.2, -0.15) is 0 Å². The molecule has 2 amide bonds. The smallest absolute Gasteiger partial charge is 0.219 e. The standard InChI is InChI=1S/C15H30N2O2/c1-3-5-7-8-11-15(19)17-13-9-12-16-14(18)10-6-4-2/h3-13H2,1-2H3,(H,16,18)(H,17,19). The van der Waals surface area contributed by atoms with Crippen molar-refractivity contribution in [2.24, 2.45) is 0 Å². The Hall–Kier alpha value is -1.06. The lowest BCUT2D eigenvalue weighted by molar-refractivity contribution is -0.121. The lowest BCUT2D eigenvalue weighted by atomic mass is 10.1. The molecule has 0 saturated heterocycles. The average Bonchev–Trinajstić information content (AvgIpc) is 2.41. The first-order valence-corrected chi connectivity index (χ1v) is 7.74. The van der Waals surface area contributed by atoms with Crippen LogP contribution < -0.4 is 10.6 Å². The van der Waals surface area contributed by atoms with Crippen molar-refractivity contribution in [2.75, 3.05) is 13.1 Å². The summed E-state index contributed by atoms with van der Waals surface area (Å²) in [5.74, 6) is 0.251. The van der Waals surface area contributed by atoms with Gasteiger partial charge in [-0.3, -0.25) is 9.59 Å². The van der Waals surface area contributed by atoms with Gasteiger partial charge < -0.3 is 10.6 Å². The van der Waals surface area contributed by atoms with Crippen molar-refractivity contribution in [3.05, 3.63) is 0 Å². The highest BCUT2D eigenvalue weighted by molar-refractivity contribution is 5.76. The highest BCUT2D eigenvalue weighted by Gasteiger charge is 2.01. The van der Waals surface area contributed by atoms with Gasteiger partial charge in [0.2, 0.25) is 11.8 Å². The lowest BCUT2D eigenvalue weighted by Gasteiger charge is -2.06. The minimum atomic E-state index is 0.118. The van der Waals surface area contributed by atoms with Gasteiger partial charge >= 0.3 is 0 Å². The van der Waals surface area contributed by atoms with Crippen molar-refractivity contribution in [3.8, 4) is 0 Å². The number of amides is 2. The van der Waals surface area contributed by atoms with E-state index in [1.54, 1.807) is 0 Å². The first-order valence-electron chi connectivity index (χ1n) is 7.74. The normalized spacial score (nSPS) is 10.2. The van der Waals surface area contributed by atoms with Crippen LogP contribution in [0.1, 0.15) is 71.6 Å². The number of unbranched alkanes of at least 4 members (excludes halogenated alkanes) is 4. The SMILES string of the molecule is CCCCCCC(=O)NCCCNC(=O)CCCC. The maximum Gasteiger partial charge on any atom is 0.219 e. The Morgan fingerprint density at radius 2 is 1.21 bits per heavy atom. The Morgan fingerprint density at radius 3 is 1.74 bits per heavy atom. The molecule has 0 aromatic heterocycles. The van der Waals surface area contributed by atoms with E-state index < -0.39 is 0 Å². The molecule has 0 unspecified atom stereocenters. The van der Waals surface area contributed by atoms with E-state index in [4.69, 9.17) is 0 Å². The number of hydrogen-bond acceptors (Lipinski definition) is 2. The van der Waals surface area contributed by atoms with Crippen molar-refractivity contribution >= 4 is 11.8 Å². The van der Waals surface area contributed by atoms with E-state index in [1.165, 1.54) is 12.8 Å². The number of carbonyl (C=O) groups is 2. The first kappa shape index (κ1) is 17.9. The molecule has 0 radical (unpaired) electrons. The van der Waals surface area contributed by atoms with Gasteiger partial charge in [0.05, 0.1) is 0 Å². The summed E-state index contributed by atoms with van der Waals surface area (Å²) < 4.78 is 0. The minimum absolute atomic E-state index is 0.118. The van der Waals surface area contributed by atoms with Crippen LogP contribution in [0.4, 0.5) is 0 Å². The van der Waals surface area contributed by atoms with Gasteiger partial charge in [0.1, 0.15) is 0 Å². The van der Waals surface area contributed by atoms with E-state index in [0.29, 0.717) is 25.9 Å². The number of carbonyl (C=O) groups excluding carboxylic acids is 2. The van der Waals surface area contributed by atoms with Crippen LogP contribution in [0.3, 0.4) is 0 Å². The fourth-order valence-corrected chi connectivity index (χ4v) is 1.77. The van der Waals surface area contributed by atoms with Gasteiger partial charge in [-0.25, -0.2) is 0 Å². The Labute approximate surface area is 117 Å². The van der Waals surface area contributed by atoms with Crippen LogP contribution in [0, 0.1) is 0 Å². The van der Waals surface area contributed by atoms with Gasteiger partial charge in [0.25, 0.3) is 0 Å². The van der Waals surface area contributed by atoms with Crippen molar-refractivity contribution in [2.45, 2.75) is 71.6 Å². The third-order valence-electron chi connectivity index (χ3n) is 3.01. The third kappa shape index (κ3) is 13.2. The molecule has 19 heavy (non-hydrogen) atoms. The highest BCUT2D eigenvalue weighted by Crippen LogP contribution is 2.01. The molecular formula is C15H30N2O2. The number of hydrogen-bond donors (Lipinski definition) is 2. The molecule has 0 fully saturated rings. The largest absolute Gasteiger partial charge is 0.356 e. The van der Waals surface area contributed by atoms with Crippen LogP contribution in [0.2, 0.25) is 0 Å². The minimum Gasteiger partial charge on any atom is -0.356 e. The molecule has 0 aliphatic heterocycles. The van der Waals surface area contributed by atoms with Crippen molar-refractivity contribution in [1.29, 1.82) is 0 Å². The monoisotopic (exact) mass is 270 g/mol. The second-order valence-corrected chi connectivity index (χ2v) is 4.97. The van der Waals surface area contributed by atoms with Crippen molar-refractivity contribution < 1.29 is 9.59 Å². The molecular weight excluding hydrogens is 240 g/mol. The molecule has 112 valence electrons. The molecule has 0 saturated carbocycles. The van der Waals surface area contributed by atoms with Crippen LogP contribution >= 0.6 is 0 Å². The predicted molar refractivity (Wildman–Crippen MR) is 78.9 cm³/mol. The van der Waals surface area contributed by atoms with Crippen molar-refractivity contribution in [3.63, 3.8) is 0 Å². The summed E-state index contributed by atoms with van der Waals surface area (Å²) in [6.07, 6.45) is 8.55. The molecule has 0 bridgehead atoms. The molecule has 4 nitrogen and oxygen atoms in total. The molecule has 0 aromatic carbocycles. The van der Waals surface area contributed by atoms with Gasteiger partial charge in [-0.05, 0) is 19.3 Å². The van der Waals surface area contributed by atoms with Crippen LogP contribution in [0.5, 0.6) is 0 Å². The molecule has 0 heterocycles. The summed E-state index contributed by atoms with van der Waals surface area (Å²) in [5, 5.41) is 5.75. The highest BCUT2D eigenvalue weighted by atomic mass is 16.2. The van der Waals surface area contributed by atoms with E-state index in [0.717, 1.165) is 32.1 Å². The van der Waals surface area contributed by atoms with Crippen LogP contribution in [-0.4, -0.2) is 24.9 Å². The molecule has 0 aromatic rings. The first-order chi connectivity index (χ1) is 9.20. The summed E-state index contributed by atoms with van der Waals surface area (Å²) in [7, 11) is 0. The fraction of sp³-hybridized carbons (Fsp3) is 0.867. The summed E-state index contributed by atoms with van der Waals surface area (Å²) >= 11 is 0. The number of rotatable bonds is 12. The van der Waals surface area contributed by atoms with Gasteiger partial charge in [0.15, 0.2) is 0 Å². The summed E-state index contributed by atoms with van der Waals surface area (Å²) in [6, 6.07) is 0. The zero-order valence-corrected chi connectivity index (χ0v) is 12.6. The molecule has 0 aliphatic rings. The molecule has 0 spiro atoms.